The van der Waals surface area contributed by atoms with E-state index in [9.17, 15) is 0 Å². The van der Waals surface area contributed by atoms with Gasteiger partial charge in [0.05, 0.1) is 37.3 Å². The molecule has 5 nitrogen and oxygen atoms in total. The summed E-state index contributed by atoms with van der Waals surface area (Å²) < 4.78 is 17.6. The zero-order valence-electron chi connectivity index (χ0n) is 23.1. The van der Waals surface area contributed by atoms with Gasteiger partial charge in [-0.05, 0) is 43.4 Å². The van der Waals surface area contributed by atoms with Crippen LogP contribution in [0.3, 0.4) is 0 Å². The van der Waals surface area contributed by atoms with Crippen LogP contribution in [0.25, 0.3) is 11.3 Å². The van der Waals surface area contributed by atoms with Gasteiger partial charge in [-0.3, -0.25) is 0 Å². The first-order chi connectivity index (χ1) is 17.1. The predicted octanol–water partition coefficient (Wildman–Crippen LogP) is 4.70. The predicted molar refractivity (Wildman–Crippen MR) is 147 cm³/mol. The number of fused-ring (bicyclic) bond motifs is 1. The Morgan fingerprint density at radius 2 is 1.92 bits per heavy atom. The molecule has 0 N–H and O–H groups in total. The van der Waals surface area contributed by atoms with Crippen molar-refractivity contribution in [3.05, 3.63) is 76.7 Å². The van der Waals surface area contributed by atoms with Crippen molar-refractivity contribution < 1.29 is 14.2 Å². The summed E-state index contributed by atoms with van der Waals surface area (Å²) >= 11 is 0. The molecule has 2 saturated heterocycles. The third-order valence-electron chi connectivity index (χ3n) is 7.37. The summed E-state index contributed by atoms with van der Waals surface area (Å²) in [5.74, 6) is 1.60. The van der Waals surface area contributed by atoms with Crippen molar-refractivity contribution in [1.29, 1.82) is 0 Å². The fourth-order valence-corrected chi connectivity index (χ4v) is 5.13. The lowest BCUT2D eigenvalue weighted by Gasteiger charge is -2.50. The fourth-order valence-electron chi connectivity index (χ4n) is 5.13. The van der Waals surface area contributed by atoms with Gasteiger partial charge >= 0.3 is 0 Å². The molecule has 2 fully saturated rings. The quantitative estimate of drug-likeness (QED) is 0.540. The van der Waals surface area contributed by atoms with E-state index in [0.29, 0.717) is 25.6 Å². The first-order valence-corrected chi connectivity index (χ1v) is 13.1. The van der Waals surface area contributed by atoms with Gasteiger partial charge in [0.1, 0.15) is 17.6 Å². The van der Waals surface area contributed by atoms with Gasteiger partial charge in [0.15, 0.2) is 0 Å². The average Bonchev–Trinajstić information content (AvgIpc) is 2.79. The molecule has 0 bridgehead atoms. The highest BCUT2D eigenvalue weighted by molar-refractivity contribution is 5.70. The summed E-state index contributed by atoms with van der Waals surface area (Å²) in [6.45, 7) is 24.6. The van der Waals surface area contributed by atoms with E-state index in [1.807, 2.05) is 6.92 Å². The van der Waals surface area contributed by atoms with E-state index in [-0.39, 0.29) is 17.6 Å². The number of hydrogen-bond acceptors (Lipinski definition) is 5. The smallest absolute Gasteiger partial charge is 0.145 e. The summed E-state index contributed by atoms with van der Waals surface area (Å²) in [5.41, 5.74) is 5.56. The van der Waals surface area contributed by atoms with Gasteiger partial charge in [0.2, 0.25) is 0 Å². The van der Waals surface area contributed by atoms with Crippen LogP contribution in [0.1, 0.15) is 48.0 Å². The van der Waals surface area contributed by atoms with Crippen molar-refractivity contribution in [3.63, 3.8) is 0 Å². The summed E-state index contributed by atoms with van der Waals surface area (Å²) in [4.78, 5) is 4.82. The Morgan fingerprint density at radius 3 is 2.50 bits per heavy atom. The first kappa shape index (κ1) is 26.2. The molecule has 4 rings (SSSR count). The maximum atomic E-state index is 6.41. The van der Waals surface area contributed by atoms with Gasteiger partial charge in [-0.1, -0.05) is 58.6 Å². The molecule has 3 aliphatic heterocycles. The lowest BCUT2D eigenvalue weighted by molar-refractivity contribution is -0.0800. The Hall–Kier alpha value is -2.92. The van der Waals surface area contributed by atoms with Gasteiger partial charge in [-0.15, -0.1) is 0 Å². The molecular weight excluding hydrogens is 448 g/mol. The number of allylic oxidation sites excluding steroid dienone is 2. The van der Waals surface area contributed by atoms with Gasteiger partial charge in [-0.25, -0.2) is 0 Å². The number of ether oxygens (including phenoxy) is 3. The molecule has 0 spiro atoms. The van der Waals surface area contributed by atoms with Crippen LogP contribution in [0.4, 0.5) is 0 Å². The second-order valence-corrected chi connectivity index (χ2v) is 11.1. The van der Waals surface area contributed by atoms with Crippen LogP contribution in [0, 0.1) is 5.41 Å². The lowest BCUT2D eigenvalue weighted by atomic mass is 9.82. The molecule has 194 valence electrons. The van der Waals surface area contributed by atoms with Gasteiger partial charge in [0.25, 0.3) is 0 Å². The number of piperazine rings is 1. The molecular formula is C31H42N2O3. The van der Waals surface area contributed by atoms with E-state index in [4.69, 9.17) is 14.2 Å². The van der Waals surface area contributed by atoms with Crippen molar-refractivity contribution in [3.8, 4) is 5.75 Å². The Labute approximate surface area is 216 Å². The number of hydrogen-bond donors (Lipinski definition) is 0. The molecule has 5 heteroatoms. The third kappa shape index (κ3) is 4.86. The number of benzene rings is 1. The van der Waals surface area contributed by atoms with Crippen LogP contribution in [0.15, 0.2) is 66.2 Å². The topological polar surface area (TPSA) is 34.2 Å². The molecule has 0 saturated carbocycles. The van der Waals surface area contributed by atoms with Crippen LogP contribution in [-0.4, -0.2) is 55.4 Å². The molecule has 3 aliphatic rings. The minimum Gasteiger partial charge on any atom is -0.494 e. The molecule has 36 heavy (non-hydrogen) atoms. The average molecular weight is 491 g/mol. The van der Waals surface area contributed by atoms with Crippen molar-refractivity contribution in [1.82, 2.24) is 9.80 Å². The zero-order chi connectivity index (χ0) is 26.2. The van der Waals surface area contributed by atoms with Crippen LogP contribution in [0.2, 0.25) is 0 Å². The van der Waals surface area contributed by atoms with Gasteiger partial charge in [0, 0.05) is 35.8 Å². The van der Waals surface area contributed by atoms with Crippen molar-refractivity contribution >= 4 is 11.3 Å². The largest absolute Gasteiger partial charge is 0.494 e. The third-order valence-corrected chi connectivity index (χ3v) is 7.37. The van der Waals surface area contributed by atoms with E-state index in [1.165, 1.54) is 21.7 Å². The van der Waals surface area contributed by atoms with Crippen molar-refractivity contribution in [2.24, 2.45) is 5.41 Å². The van der Waals surface area contributed by atoms with E-state index >= 15 is 0 Å². The molecule has 1 aromatic carbocycles. The molecule has 0 aliphatic carbocycles. The van der Waals surface area contributed by atoms with E-state index in [2.05, 4.69) is 95.1 Å². The minimum absolute atomic E-state index is 0.0512. The first-order valence-electron chi connectivity index (χ1n) is 13.1. The molecule has 1 unspecified atom stereocenters. The van der Waals surface area contributed by atoms with Crippen molar-refractivity contribution in [2.45, 2.75) is 60.1 Å². The molecule has 0 radical (unpaired) electrons. The molecule has 1 aromatic rings. The second kappa shape index (κ2) is 10.2. The highest BCUT2D eigenvalue weighted by Crippen LogP contribution is 2.41. The SMILES string of the molecule is C=C1C=C2/C(=c3\cccc(OC4COC4)c3=C(C)CC)N(C)CC(C(C)(C)C)N2C=C1C(=C)OCC. The van der Waals surface area contributed by atoms with Crippen LogP contribution >= 0.6 is 0 Å². The molecule has 0 aromatic heterocycles. The number of nitrogens with zero attached hydrogens (tertiary/aromatic N) is 2. The van der Waals surface area contributed by atoms with E-state index in [0.717, 1.165) is 35.6 Å². The van der Waals surface area contributed by atoms with E-state index < -0.39 is 0 Å². The molecule has 1 atom stereocenters. The fraction of sp³-hybridized carbons (Fsp3) is 0.484. The second-order valence-electron chi connectivity index (χ2n) is 11.1. The Bertz CT molecular complexity index is 1230. The monoisotopic (exact) mass is 490 g/mol. The van der Waals surface area contributed by atoms with Crippen LogP contribution in [0.5, 0.6) is 5.75 Å². The lowest BCUT2D eigenvalue weighted by Crippen LogP contribution is -2.55. The molecule has 3 heterocycles. The maximum Gasteiger partial charge on any atom is 0.145 e. The highest BCUT2D eigenvalue weighted by Gasteiger charge is 2.40. The summed E-state index contributed by atoms with van der Waals surface area (Å²) in [6, 6.07) is 6.69. The standard InChI is InChI=1S/C31H42N2O3/c1-10-20(3)29-24(13-12-14-27(29)36-23-18-34-19-23)30-26-15-21(4)25(22(5)35-11-2)16-33(26)28(17-32(30)9)31(6,7)8/h12-16,23,28H,4-5,10-11,17-19H2,1-3,6-9H3/b29-20?,30-24-. The number of likely N-dealkylation sites (N-methyl/N-ethyl adjacent to an activating group) is 1. The van der Waals surface area contributed by atoms with Crippen molar-refractivity contribution in [2.75, 3.05) is 33.4 Å². The van der Waals surface area contributed by atoms with Gasteiger partial charge < -0.3 is 24.0 Å². The Balaban J connectivity index is 1.97. The normalized spacial score (nSPS) is 22.9. The Kier molecular flexibility index (Phi) is 7.42. The number of rotatable bonds is 6. The summed E-state index contributed by atoms with van der Waals surface area (Å²) in [5, 5.41) is 2.37. The summed E-state index contributed by atoms with van der Waals surface area (Å²) in [7, 11) is 2.20. The Morgan fingerprint density at radius 1 is 1.19 bits per heavy atom. The van der Waals surface area contributed by atoms with Gasteiger partial charge in [-0.2, -0.15) is 0 Å². The van der Waals surface area contributed by atoms with E-state index in [1.54, 1.807) is 0 Å². The molecule has 0 amide bonds. The minimum atomic E-state index is 0.0512. The zero-order valence-corrected chi connectivity index (χ0v) is 23.1. The summed E-state index contributed by atoms with van der Waals surface area (Å²) in [6.07, 6.45) is 5.45. The highest BCUT2D eigenvalue weighted by atomic mass is 16.6. The van der Waals surface area contributed by atoms with Crippen LogP contribution < -0.4 is 15.2 Å². The van der Waals surface area contributed by atoms with Crippen LogP contribution in [-0.2, 0) is 9.47 Å². The maximum absolute atomic E-state index is 6.41.